The summed E-state index contributed by atoms with van der Waals surface area (Å²) in [6.07, 6.45) is -2.69. The maximum atomic E-state index is 12.3. The first kappa shape index (κ1) is 14.7. The second kappa shape index (κ2) is 6.03. The summed E-state index contributed by atoms with van der Waals surface area (Å²) in [6, 6.07) is 2.11. The van der Waals surface area contributed by atoms with E-state index >= 15 is 0 Å². The number of halogens is 3. The van der Waals surface area contributed by atoms with Gasteiger partial charge < -0.3 is 10.6 Å². The monoisotopic (exact) mass is 276 g/mol. The minimum absolute atomic E-state index is 0.117. The molecule has 1 aromatic rings. The van der Waals surface area contributed by atoms with Gasteiger partial charge in [0, 0.05) is 19.8 Å². The summed E-state index contributed by atoms with van der Waals surface area (Å²) >= 11 is 0. The average molecular weight is 276 g/mol. The quantitative estimate of drug-likeness (QED) is 0.629. The van der Waals surface area contributed by atoms with Crippen molar-refractivity contribution in [3.63, 3.8) is 0 Å². The van der Waals surface area contributed by atoms with Crippen LogP contribution in [0.1, 0.15) is 11.3 Å². The van der Waals surface area contributed by atoms with E-state index in [2.05, 4.69) is 15.6 Å². The fourth-order valence-electron chi connectivity index (χ4n) is 1.20. The number of alkyl halides is 3. The molecule has 1 heterocycles. The summed E-state index contributed by atoms with van der Waals surface area (Å²) in [5, 5.41) is 15.5. The Bertz CT molecular complexity index is 471. The van der Waals surface area contributed by atoms with Gasteiger partial charge in [-0.15, -0.1) is 0 Å². The first-order valence-electron chi connectivity index (χ1n) is 5.12. The number of rotatable bonds is 5. The highest BCUT2D eigenvalue weighted by atomic mass is 19.4. The van der Waals surface area contributed by atoms with E-state index in [1.165, 1.54) is 13.1 Å². The first-order chi connectivity index (χ1) is 8.82. The molecule has 0 bridgehead atoms. The van der Waals surface area contributed by atoms with Gasteiger partial charge in [0.2, 0.25) is 0 Å². The van der Waals surface area contributed by atoms with Crippen LogP contribution >= 0.6 is 0 Å². The Balaban J connectivity index is 2.66. The number of hydrogen-bond acceptors (Lipinski definition) is 5. The van der Waals surface area contributed by atoms with Crippen LogP contribution in [0, 0.1) is 10.1 Å². The van der Waals surface area contributed by atoms with E-state index < -0.39 is 16.8 Å². The molecule has 0 saturated carbocycles. The van der Waals surface area contributed by atoms with Crippen LogP contribution in [-0.4, -0.2) is 17.0 Å². The summed E-state index contributed by atoms with van der Waals surface area (Å²) in [5.74, 6) is 0.143. The molecule has 0 aromatic carbocycles. The van der Waals surface area contributed by atoms with Gasteiger partial charge >= 0.3 is 6.18 Å². The Morgan fingerprint density at radius 1 is 1.53 bits per heavy atom. The lowest BCUT2D eigenvalue weighted by molar-refractivity contribution is -0.404. The standard InChI is InChI=1S/C10H11F3N4O2/c1-14-9(6-17(18)19)16-5-7-2-3-8(15-4-7)10(11,12)13/h2-4,6,14,16H,5H2,1H3/b9-6-. The largest absolute Gasteiger partial charge is 0.433 e. The van der Waals surface area contributed by atoms with Gasteiger partial charge in [-0.3, -0.25) is 15.1 Å². The van der Waals surface area contributed by atoms with Crippen molar-refractivity contribution in [3.05, 3.63) is 51.7 Å². The SMILES string of the molecule is CN/C(=C/[N+](=O)[O-])NCc1ccc(C(F)(F)F)nc1. The fourth-order valence-corrected chi connectivity index (χ4v) is 1.20. The molecule has 9 heteroatoms. The van der Waals surface area contributed by atoms with E-state index in [1.807, 2.05) is 0 Å². The summed E-state index contributed by atoms with van der Waals surface area (Å²) in [6.45, 7) is 0.117. The minimum atomic E-state index is -4.48. The first-order valence-corrected chi connectivity index (χ1v) is 5.12. The van der Waals surface area contributed by atoms with Gasteiger partial charge in [0.15, 0.2) is 5.82 Å². The molecule has 0 fully saturated rings. The molecule has 0 spiro atoms. The molecule has 6 nitrogen and oxygen atoms in total. The Hall–Kier alpha value is -2.32. The van der Waals surface area contributed by atoms with Crippen molar-refractivity contribution in [2.24, 2.45) is 0 Å². The molecule has 1 rings (SSSR count). The van der Waals surface area contributed by atoms with Gasteiger partial charge in [-0.25, -0.2) is 0 Å². The molecule has 0 saturated heterocycles. The molecular formula is C10H11F3N4O2. The van der Waals surface area contributed by atoms with E-state index in [-0.39, 0.29) is 12.4 Å². The smallest absolute Gasteiger partial charge is 0.370 e. The highest BCUT2D eigenvalue weighted by Crippen LogP contribution is 2.27. The van der Waals surface area contributed by atoms with E-state index in [0.717, 1.165) is 18.5 Å². The molecule has 0 amide bonds. The molecule has 1 aromatic heterocycles. The molecule has 0 aliphatic heterocycles. The topological polar surface area (TPSA) is 80.1 Å². The van der Waals surface area contributed by atoms with Gasteiger partial charge in [-0.2, -0.15) is 13.2 Å². The fraction of sp³-hybridized carbons (Fsp3) is 0.300. The second-order valence-corrected chi connectivity index (χ2v) is 3.48. The molecule has 0 aliphatic rings. The van der Waals surface area contributed by atoms with Crippen molar-refractivity contribution in [1.82, 2.24) is 15.6 Å². The number of nitro groups is 1. The van der Waals surface area contributed by atoms with E-state index in [0.29, 0.717) is 5.56 Å². The molecule has 19 heavy (non-hydrogen) atoms. The normalized spacial score (nSPS) is 12.1. The molecular weight excluding hydrogens is 265 g/mol. The van der Waals surface area contributed by atoms with Crippen molar-refractivity contribution < 1.29 is 18.1 Å². The lowest BCUT2D eigenvalue weighted by Crippen LogP contribution is -2.24. The molecule has 104 valence electrons. The molecule has 0 radical (unpaired) electrons. The Morgan fingerprint density at radius 2 is 2.21 bits per heavy atom. The van der Waals surface area contributed by atoms with Crippen LogP contribution in [0.4, 0.5) is 13.2 Å². The summed E-state index contributed by atoms with van der Waals surface area (Å²) in [4.78, 5) is 12.9. The second-order valence-electron chi connectivity index (χ2n) is 3.48. The number of nitrogens with zero attached hydrogens (tertiary/aromatic N) is 2. The van der Waals surface area contributed by atoms with Crippen LogP contribution < -0.4 is 10.6 Å². The third-order valence-electron chi connectivity index (χ3n) is 2.10. The van der Waals surface area contributed by atoms with Gasteiger partial charge in [0.25, 0.3) is 6.20 Å². The summed E-state index contributed by atoms with van der Waals surface area (Å²) in [5.41, 5.74) is -0.511. The highest BCUT2D eigenvalue weighted by Gasteiger charge is 2.31. The molecule has 0 aliphatic carbocycles. The van der Waals surface area contributed by atoms with Crippen molar-refractivity contribution in [1.29, 1.82) is 0 Å². The molecule has 2 N–H and O–H groups in total. The van der Waals surface area contributed by atoms with Crippen LogP contribution in [0.2, 0.25) is 0 Å². The predicted molar refractivity (Wildman–Crippen MR) is 60.2 cm³/mol. The summed E-state index contributed by atoms with van der Waals surface area (Å²) in [7, 11) is 1.48. The number of hydrogen-bond donors (Lipinski definition) is 2. The maximum absolute atomic E-state index is 12.3. The van der Waals surface area contributed by atoms with Crippen molar-refractivity contribution >= 4 is 0 Å². The Labute approximate surface area is 106 Å². The Morgan fingerprint density at radius 3 is 2.63 bits per heavy atom. The van der Waals surface area contributed by atoms with Gasteiger partial charge in [0.05, 0.1) is 4.92 Å². The zero-order valence-corrected chi connectivity index (χ0v) is 9.86. The Kier molecular flexibility index (Phi) is 4.67. The predicted octanol–water partition coefficient (Wildman–Crippen LogP) is 1.48. The number of pyridine rings is 1. The summed E-state index contributed by atoms with van der Waals surface area (Å²) < 4.78 is 36.8. The van der Waals surface area contributed by atoms with Crippen LogP contribution in [0.25, 0.3) is 0 Å². The van der Waals surface area contributed by atoms with Crippen molar-refractivity contribution in [3.8, 4) is 0 Å². The van der Waals surface area contributed by atoms with E-state index in [1.54, 1.807) is 0 Å². The highest BCUT2D eigenvalue weighted by molar-refractivity contribution is 5.16. The minimum Gasteiger partial charge on any atom is -0.370 e. The molecule has 0 unspecified atom stereocenters. The maximum Gasteiger partial charge on any atom is 0.433 e. The van der Waals surface area contributed by atoms with Crippen LogP contribution in [0.5, 0.6) is 0 Å². The van der Waals surface area contributed by atoms with E-state index in [9.17, 15) is 23.3 Å². The van der Waals surface area contributed by atoms with Crippen molar-refractivity contribution in [2.45, 2.75) is 12.7 Å². The van der Waals surface area contributed by atoms with Gasteiger partial charge in [-0.1, -0.05) is 6.07 Å². The third kappa shape index (κ3) is 4.82. The lowest BCUT2D eigenvalue weighted by Gasteiger charge is -2.09. The van der Waals surface area contributed by atoms with Gasteiger partial charge in [-0.05, 0) is 11.6 Å². The molecule has 0 atom stereocenters. The number of nitrogens with one attached hydrogen (secondary N) is 2. The lowest BCUT2D eigenvalue weighted by atomic mass is 10.2. The third-order valence-corrected chi connectivity index (χ3v) is 2.10. The van der Waals surface area contributed by atoms with Crippen LogP contribution in [-0.2, 0) is 12.7 Å². The number of aromatic nitrogens is 1. The van der Waals surface area contributed by atoms with Crippen LogP contribution in [0.15, 0.2) is 30.4 Å². The average Bonchev–Trinajstić information content (AvgIpc) is 2.33. The van der Waals surface area contributed by atoms with Gasteiger partial charge in [0.1, 0.15) is 5.69 Å². The van der Waals surface area contributed by atoms with E-state index in [4.69, 9.17) is 0 Å². The zero-order valence-electron chi connectivity index (χ0n) is 9.86. The zero-order chi connectivity index (χ0) is 14.5. The van der Waals surface area contributed by atoms with Crippen LogP contribution in [0.3, 0.4) is 0 Å². The van der Waals surface area contributed by atoms with Crippen molar-refractivity contribution in [2.75, 3.05) is 7.05 Å².